The van der Waals surface area contributed by atoms with Crippen LogP contribution in [0.5, 0.6) is 23.0 Å². The Bertz CT molecular complexity index is 818. The van der Waals surface area contributed by atoms with Crippen LogP contribution in [0.1, 0.15) is 22.0 Å². The van der Waals surface area contributed by atoms with Gasteiger partial charge in [0.05, 0.1) is 21.3 Å². The third-order valence-electron chi connectivity index (χ3n) is 4.27. The van der Waals surface area contributed by atoms with E-state index in [1.165, 1.54) is 14.2 Å². The third-order valence-corrected chi connectivity index (χ3v) is 4.27. The van der Waals surface area contributed by atoms with E-state index in [0.29, 0.717) is 28.6 Å². The zero-order chi connectivity index (χ0) is 19.4. The molecule has 27 heavy (non-hydrogen) atoms. The van der Waals surface area contributed by atoms with Crippen molar-refractivity contribution in [1.82, 2.24) is 0 Å². The molecule has 0 amide bonds. The van der Waals surface area contributed by atoms with Crippen molar-refractivity contribution in [1.29, 1.82) is 0 Å². The van der Waals surface area contributed by atoms with Gasteiger partial charge in [0, 0.05) is 18.2 Å². The van der Waals surface area contributed by atoms with Crippen molar-refractivity contribution >= 4 is 5.78 Å². The van der Waals surface area contributed by atoms with E-state index in [9.17, 15) is 4.79 Å². The van der Waals surface area contributed by atoms with E-state index in [-0.39, 0.29) is 12.6 Å². The molecule has 7 heteroatoms. The van der Waals surface area contributed by atoms with Crippen molar-refractivity contribution in [3.8, 4) is 23.0 Å². The number of methoxy groups -OCH3 is 4. The molecule has 1 aliphatic heterocycles. The van der Waals surface area contributed by atoms with E-state index in [2.05, 4.69) is 0 Å². The summed E-state index contributed by atoms with van der Waals surface area (Å²) in [7, 11) is 6.16. The number of carbonyl (C=O) groups is 1. The van der Waals surface area contributed by atoms with Crippen LogP contribution < -0.4 is 18.9 Å². The van der Waals surface area contributed by atoms with Gasteiger partial charge in [0.25, 0.3) is 0 Å². The Hall–Kier alpha value is -2.77. The molecule has 0 saturated carbocycles. The fourth-order valence-corrected chi connectivity index (χ4v) is 2.89. The number of Topliss-reactive ketones (excluding diaryl/α,β-unsaturated/α-hetero) is 1. The molecule has 0 aliphatic carbocycles. The zero-order valence-corrected chi connectivity index (χ0v) is 15.7. The summed E-state index contributed by atoms with van der Waals surface area (Å²) in [6.45, 7) is 0.0639. The van der Waals surface area contributed by atoms with Crippen LogP contribution in [0.3, 0.4) is 0 Å². The average Bonchev–Trinajstić information content (AvgIpc) is 3.51. The molecule has 2 aromatic carbocycles. The molecule has 0 bridgehead atoms. The number of hydrogen-bond acceptors (Lipinski definition) is 7. The summed E-state index contributed by atoms with van der Waals surface area (Å²) in [6, 6.07) is 10.5. The van der Waals surface area contributed by atoms with Gasteiger partial charge in [0.2, 0.25) is 0 Å². The lowest BCUT2D eigenvalue weighted by molar-refractivity contribution is 0.0481. The summed E-state index contributed by atoms with van der Waals surface area (Å²) >= 11 is 0. The molecular formula is C20H22O7. The molecule has 0 aromatic heterocycles. The van der Waals surface area contributed by atoms with Crippen molar-refractivity contribution < 1.29 is 33.2 Å². The molecule has 3 rings (SSSR count). The Kier molecular flexibility index (Phi) is 5.83. The smallest absolute Gasteiger partial charge is 0.194 e. The second kappa shape index (κ2) is 8.28. The van der Waals surface area contributed by atoms with E-state index in [1.807, 2.05) is 12.1 Å². The van der Waals surface area contributed by atoms with Crippen LogP contribution in [-0.2, 0) is 9.47 Å². The first-order valence-corrected chi connectivity index (χ1v) is 8.35. The predicted molar refractivity (Wildman–Crippen MR) is 97.0 cm³/mol. The first-order chi connectivity index (χ1) is 13.1. The third kappa shape index (κ3) is 3.84. The summed E-state index contributed by atoms with van der Waals surface area (Å²) in [5, 5.41) is 0. The number of epoxide rings is 1. The summed E-state index contributed by atoms with van der Waals surface area (Å²) < 4.78 is 32.1. The van der Waals surface area contributed by atoms with Gasteiger partial charge in [0.1, 0.15) is 6.10 Å². The number of carbonyl (C=O) groups excluding carboxylic acids is 1. The van der Waals surface area contributed by atoms with Crippen molar-refractivity contribution in [3.63, 3.8) is 0 Å². The quantitative estimate of drug-likeness (QED) is 0.379. The predicted octanol–water partition coefficient (Wildman–Crippen LogP) is 3.02. The van der Waals surface area contributed by atoms with E-state index >= 15 is 0 Å². The molecule has 0 radical (unpaired) electrons. The number of ether oxygens (including phenoxy) is 6. The Morgan fingerprint density at radius 1 is 0.963 bits per heavy atom. The Morgan fingerprint density at radius 3 is 2.37 bits per heavy atom. The average molecular weight is 374 g/mol. The van der Waals surface area contributed by atoms with Gasteiger partial charge in [-0.15, -0.1) is 0 Å². The monoisotopic (exact) mass is 374 g/mol. The second-order valence-electron chi connectivity index (χ2n) is 5.84. The molecule has 1 saturated heterocycles. The van der Waals surface area contributed by atoms with Crippen LogP contribution >= 0.6 is 0 Å². The lowest BCUT2D eigenvalue weighted by Gasteiger charge is -2.13. The largest absolute Gasteiger partial charge is 0.493 e. The fourth-order valence-electron chi connectivity index (χ4n) is 2.89. The van der Waals surface area contributed by atoms with Gasteiger partial charge in [-0.3, -0.25) is 4.79 Å². The maximum atomic E-state index is 12.8. The first kappa shape index (κ1) is 19.0. The molecule has 2 atom stereocenters. The first-order valence-electron chi connectivity index (χ1n) is 8.35. The molecule has 7 nitrogen and oxygen atoms in total. The van der Waals surface area contributed by atoms with Crippen LogP contribution in [-0.4, -0.2) is 47.1 Å². The van der Waals surface area contributed by atoms with Crippen molar-refractivity contribution in [3.05, 3.63) is 47.5 Å². The van der Waals surface area contributed by atoms with Gasteiger partial charge >= 0.3 is 0 Å². The highest BCUT2D eigenvalue weighted by molar-refractivity contribution is 6.02. The zero-order valence-electron chi connectivity index (χ0n) is 15.7. The van der Waals surface area contributed by atoms with E-state index in [1.54, 1.807) is 38.5 Å². The highest BCUT2D eigenvalue weighted by Gasteiger charge is 2.48. The number of rotatable bonds is 9. The molecule has 0 N–H and O–H groups in total. The maximum Gasteiger partial charge on any atom is 0.194 e. The summed E-state index contributed by atoms with van der Waals surface area (Å²) in [6.07, 6.45) is -1.01. The van der Waals surface area contributed by atoms with Gasteiger partial charge in [-0.05, 0) is 24.3 Å². The lowest BCUT2D eigenvalue weighted by Crippen LogP contribution is -2.10. The second-order valence-corrected chi connectivity index (χ2v) is 5.84. The van der Waals surface area contributed by atoms with Crippen LogP contribution in [0.2, 0.25) is 0 Å². The Balaban J connectivity index is 1.82. The Morgan fingerprint density at radius 2 is 1.70 bits per heavy atom. The molecule has 1 aliphatic rings. The molecule has 144 valence electrons. The SMILES string of the molecule is COCOc1c(OC)cccc1C1OC1C(=O)c1ccc(OC)c(OC)c1. The van der Waals surface area contributed by atoms with Gasteiger partial charge in [-0.25, -0.2) is 0 Å². The molecule has 1 heterocycles. The lowest BCUT2D eigenvalue weighted by atomic mass is 10.0. The highest BCUT2D eigenvalue weighted by Crippen LogP contribution is 2.47. The van der Waals surface area contributed by atoms with Gasteiger partial charge in [0.15, 0.2) is 41.7 Å². The minimum atomic E-state index is -0.597. The topological polar surface area (TPSA) is 75.8 Å². The van der Waals surface area contributed by atoms with Crippen LogP contribution in [0, 0.1) is 0 Å². The van der Waals surface area contributed by atoms with E-state index in [0.717, 1.165) is 5.56 Å². The van der Waals surface area contributed by atoms with Crippen LogP contribution in [0.25, 0.3) is 0 Å². The van der Waals surface area contributed by atoms with Crippen molar-refractivity contribution in [2.45, 2.75) is 12.2 Å². The van der Waals surface area contributed by atoms with Gasteiger partial charge in [-0.1, -0.05) is 12.1 Å². The standard InChI is InChI=1S/C20H22O7/c1-22-11-26-18-13(6-5-7-15(18)24-3)19-20(27-19)17(21)12-8-9-14(23-2)16(10-12)25-4/h5-10,19-20H,11H2,1-4H3. The number of para-hydroxylation sites is 1. The number of hydrogen-bond donors (Lipinski definition) is 0. The van der Waals surface area contributed by atoms with Crippen molar-refractivity contribution in [2.24, 2.45) is 0 Å². The molecule has 2 unspecified atom stereocenters. The fraction of sp³-hybridized carbons (Fsp3) is 0.350. The summed E-state index contributed by atoms with van der Waals surface area (Å²) in [4.78, 5) is 12.8. The Labute approximate surface area is 157 Å². The van der Waals surface area contributed by atoms with Crippen molar-refractivity contribution in [2.75, 3.05) is 35.2 Å². The summed E-state index contributed by atoms with van der Waals surface area (Å²) in [5.74, 6) is 1.98. The number of benzene rings is 2. The minimum Gasteiger partial charge on any atom is -0.493 e. The molecule has 2 aromatic rings. The molecule has 0 spiro atoms. The summed E-state index contributed by atoms with van der Waals surface area (Å²) in [5.41, 5.74) is 1.23. The van der Waals surface area contributed by atoms with Crippen LogP contribution in [0.4, 0.5) is 0 Å². The van der Waals surface area contributed by atoms with Gasteiger partial charge in [-0.2, -0.15) is 0 Å². The number of ketones is 1. The maximum absolute atomic E-state index is 12.8. The molecular weight excluding hydrogens is 352 g/mol. The van der Waals surface area contributed by atoms with Gasteiger partial charge < -0.3 is 28.4 Å². The van der Waals surface area contributed by atoms with Crippen LogP contribution in [0.15, 0.2) is 36.4 Å². The molecule has 1 fully saturated rings. The normalized spacial score (nSPS) is 17.9. The highest BCUT2D eigenvalue weighted by atomic mass is 16.7. The van der Waals surface area contributed by atoms with E-state index < -0.39 is 12.2 Å². The minimum absolute atomic E-state index is 0.0639. The van der Waals surface area contributed by atoms with E-state index in [4.69, 9.17) is 28.4 Å².